The second-order valence-electron chi connectivity index (χ2n) is 2.07. The molecule has 11 heavy (non-hydrogen) atoms. The zero-order chi connectivity index (χ0) is 7.68. The number of rotatable bonds is 0. The van der Waals surface area contributed by atoms with Crippen LogP contribution >= 0.6 is 11.9 Å². The van der Waals surface area contributed by atoms with Crippen LogP contribution in [0.25, 0.3) is 0 Å². The van der Waals surface area contributed by atoms with Gasteiger partial charge in [0, 0.05) is 4.90 Å². The van der Waals surface area contributed by atoms with Gasteiger partial charge in [-0.15, -0.1) is 0 Å². The van der Waals surface area contributed by atoms with E-state index in [-0.39, 0.29) is 5.97 Å². The normalized spacial score (nSPS) is 15.5. The minimum Gasteiger partial charge on any atom is -0.355 e. The fraction of sp³-hybridized carbons (Fsp3) is 0. The van der Waals surface area contributed by atoms with Gasteiger partial charge in [0.25, 0.3) is 0 Å². The van der Waals surface area contributed by atoms with E-state index < -0.39 is 0 Å². The maximum absolute atomic E-state index is 11.0. The minimum absolute atomic E-state index is 0.320. The number of hydrogen-bond donors (Lipinski definition) is 1. The van der Waals surface area contributed by atoms with Crippen molar-refractivity contribution in [2.24, 2.45) is 0 Å². The van der Waals surface area contributed by atoms with Crippen LogP contribution in [0.4, 0.5) is 0 Å². The van der Waals surface area contributed by atoms with E-state index in [1.165, 1.54) is 11.9 Å². The van der Waals surface area contributed by atoms with Crippen LogP contribution in [0.2, 0.25) is 0 Å². The highest BCUT2D eigenvalue weighted by molar-refractivity contribution is 7.97. The number of nitrogens with one attached hydrogen (secondary N) is 1. The van der Waals surface area contributed by atoms with Gasteiger partial charge < -0.3 is 4.84 Å². The Balaban J connectivity index is 2.52. The summed E-state index contributed by atoms with van der Waals surface area (Å²) in [6.07, 6.45) is 0. The molecule has 0 amide bonds. The summed E-state index contributed by atoms with van der Waals surface area (Å²) in [4.78, 5) is 18.9. The molecule has 0 spiro atoms. The molecule has 0 saturated heterocycles. The highest BCUT2D eigenvalue weighted by Gasteiger charge is 2.17. The number of carbonyl (C=O) groups excluding carboxylic acids is 1. The van der Waals surface area contributed by atoms with Crippen molar-refractivity contribution < 1.29 is 9.63 Å². The molecule has 2 rings (SSSR count). The lowest BCUT2D eigenvalue weighted by Crippen LogP contribution is -2.19. The highest BCUT2D eigenvalue weighted by atomic mass is 32.2. The standard InChI is InChI=1S/C7H5NO2S/c9-7-5-3-1-2-4-6(5)11-8-10-7/h1-4,8H. The van der Waals surface area contributed by atoms with Crippen LogP contribution in [0.15, 0.2) is 29.2 Å². The monoisotopic (exact) mass is 167 g/mol. The third-order valence-electron chi connectivity index (χ3n) is 1.39. The lowest BCUT2D eigenvalue weighted by molar-refractivity contribution is 0.0407. The third kappa shape index (κ3) is 1.10. The smallest absolute Gasteiger partial charge is 0.355 e. The van der Waals surface area contributed by atoms with Gasteiger partial charge >= 0.3 is 5.97 Å². The summed E-state index contributed by atoms with van der Waals surface area (Å²) >= 11 is 1.30. The van der Waals surface area contributed by atoms with Gasteiger partial charge in [-0.25, -0.2) is 4.79 Å². The summed E-state index contributed by atoms with van der Waals surface area (Å²) in [6, 6.07) is 7.30. The first kappa shape index (κ1) is 6.69. The summed E-state index contributed by atoms with van der Waals surface area (Å²) < 4.78 is 0. The van der Waals surface area contributed by atoms with E-state index in [0.717, 1.165) is 4.90 Å². The Bertz CT molecular complexity index is 300. The van der Waals surface area contributed by atoms with Crippen LogP contribution in [0.1, 0.15) is 10.4 Å². The molecule has 1 heterocycles. The van der Waals surface area contributed by atoms with E-state index in [2.05, 4.69) is 9.72 Å². The van der Waals surface area contributed by atoms with Gasteiger partial charge in [0.1, 0.15) is 0 Å². The lowest BCUT2D eigenvalue weighted by Gasteiger charge is -2.13. The van der Waals surface area contributed by atoms with E-state index in [1.54, 1.807) is 6.07 Å². The number of carbonyl (C=O) groups is 1. The molecule has 0 bridgehead atoms. The van der Waals surface area contributed by atoms with Crippen LogP contribution in [0, 0.1) is 0 Å². The first-order valence-corrected chi connectivity index (χ1v) is 3.91. The molecule has 3 nitrogen and oxygen atoms in total. The Kier molecular flexibility index (Phi) is 1.56. The number of benzene rings is 1. The van der Waals surface area contributed by atoms with Gasteiger partial charge in [0.15, 0.2) is 0 Å². The van der Waals surface area contributed by atoms with Gasteiger partial charge in [-0.3, -0.25) is 0 Å². The topological polar surface area (TPSA) is 38.3 Å². The first-order chi connectivity index (χ1) is 5.38. The molecule has 0 atom stereocenters. The van der Waals surface area contributed by atoms with Crippen molar-refractivity contribution in [3.05, 3.63) is 29.8 Å². The summed E-state index contributed by atoms with van der Waals surface area (Å²) in [7, 11) is 0. The van der Waals surface area contributed by atoms with E-state index in [9.17, 15) is 4.79 Å². The lowest BCUT2D eigenvalue weighted by atomic mass is 10.2. The van der Waals surface area contributed by atoms with E-state index in [0.29, 0.717) is 5.56 Å². The number of hydrogen-bond acceptors (Lipinski definition) is 4. The van der Waals surface area contributed by atoms with Gasteiger partial charge in [0.05, 0.1) is 5.56 Å². The SMILES string of the molecule is O=C1ONSc2ccccc21. The molecule has 4 heteroatoms. The molecule has 0 aliphatic carbocycles. The molecular weight excluding hydrogens is 162 g/mol. The Hall–Kier alpha value is -1.00. The van der Waals surface area contributed by atoms with Crippen molar-refractivity contribution in [3.63, 3.8) is 0 Å². The Morgan fingerprint density at radius 3 is 3.00 bits per heavy atom. The summed E-state index contributed by atoms with van der Waals surface area (Å²) in [6.45, 7) is 0. The maximum atomic E-state index is 11.0. The molecule has 0 saturated carbocycles. The van der Waals surface area contributed by atoms with Gasteiger partial charge in [-0.05, 0) is 24.1 Å². The molecule has 1 aromatic rings. The molecule has 0 aromatic heterocycles. The summed E-state index contributed by atoms with van der Waals surface area (Å²) in [5, 5.41) is 0. The van der Waals surface area contributed by atoms with Crippen molar-refractivity contribution in [3.8, 4) is 0 Å². The van der Waals surface area contributed by atoms with Crippen LogP contribution in [0.5, 0.6) is 0 Å². The second kappa shape index (κ2) is 2.56. The van der Waals surface area contributed by atoms with Crippen LogP contribution in [0.3, 0.4) is 0 Å². The van der Waals surface area contributed by atoms with Crippen molar-refractivity contribution in [2.75, 3.05) is 0 Å². The van der Waals surface area contributed by atoms with Crippen LogP contribution in [-0.4, -0.2) is 5.97 Å². The van der Waals surface area contributed by atoms with E-state index in [4.69, 9.17) is 0 Å². The quantitative estimate of drug-likeness (QED) is 0.592. The predicted octanol–water partition coefficient (Wildman–Crippen LogP) is 1.37. The van der Waals surface area contributed by atoms with Crippen molar-refractivity contribution in [2.45, 2.75) is 4.90 Å². The Morgan fingerprint density at radius 1 is 1.36 bits per heavy atom. The van der Waals surface area contributed by atoms with Gasteiger partial charge in [-0.2, -0.15) is 0 Å². The molecule has 1 N–H and O–H groups in total. The Morgan fingerprint density at radius 2 is 2.18 bits per heavy atom. The van der Waals surface area contributed by atoms with Crippen LogP contribution < -0.4 is 4.89 Å². The summed E-state index contributed by atoms with van der Waals surface area (Å²) in [5.41, 5.74) is 0.622. The molecule has 0 unspecified atom stereocenters. The van der Waals surface area contributed by atoms with Gasteiger partial charge in [0.2, 0.25) is 0 Å². The molecule has 0 fully saturated rings. The molecular formula is C7H5NO2S. The van der Waals surface area contributed by atoms with E-state index in [1.807, 2.05) is 18.2 Å². The van der Waals surface area contributed by atoms with Crippen molar-refractivity contribution in [1.82, 2.24) is 4.89 Å². The molecule has 56 valence electrons. The Labute approximate surface area is 67.8 Å². The average molecular weight is 167 g/mol. The summed E-state index contributed by atoms with van der Waals surface area (Å²) in [5.74, 6) is -0.320. The zero-order valence-corrected chi connectivity index (χ0v) is 6.35. The molecule has 1 aromatic carbocycles. The van der Waals surface area contributed by atoms with Crippen molar-refractivity contribution in [1.29, 1.82) is 0 Å². The molecule has 0 radical (unpaired) electrons. The largest absolute Gasteiger partial charge is 0.358 e. The average Bonchev–Trinajstić information content (AvgIpc) is 2.06. The van der Waals surface area contributed by atoms with Crippen LogP contribution in [-0.2, 0) is 4.84 Å². The fourth-order valence-electron chi connectivity index (χ4n) is 0.883. The minimum atomic E-state index is -0.320. The maximum Gasteiger partial charge on any atom is 0.358 e. The van der Waals surface area contributed by atoms with Crippen molar-refractivity contribution >= 4 is 17.9 Å². The van der Waals surface area contributed by atoms with E-state index >= 15 is 0 Å². The fourth-order valence-corrected chi connectivity index (χ4v) is 1.50. The molecule has 1 aliphatic rings. The number of fused-ring (bicyclic) bond motifs is 1. The van der Waals surface area contributed by atoms with Gasteiger partial charge in [-0.1, -0.05) is 17.0 Å². The zero-order valence-electron chi connectivity index (χ0n) is 5.53. The highest BCUT2D eigenvalue weighted by Crippen LogP contribution is 2.24. The second-order valence-corrected chi connectivity index (χ2v) is 2.88. The molecule has 1 aliphatic heterocycles. The first-order valence-electron chi connectivity index (χ1n) is 3.10. The predicted molar refractivity (Wildman–Crippen MR) is 40.9 cm³/mol. The third-order valence-corrected chi connectivity index (χ3v) is 2.14.